The Balaban J connectivity index is 0.00000121. The van der Waals surface area contributed by atoms with E-state index in [1.165, 1.54) is 25.0 Å². The molecule has 0 atom stereocenters. The molecule has 1 aliphatic rings. The van der Waals surface area contributed by atoms with Gasteiger partial charge in [0, 0.05) is 13.1 Å². The van der Waals surface area contributed by atoms with Crippen LogP contribution >= 0.6 is 17.0 Å². The van der Waals surface area contributed by atoms with Crippen LogP contribution in [0.1, 0.15) is 26.7 Å². The van der Waals surface area contributed by atoms with Crippen LogP contribution in [0, 0.1) is 0 Å². The lowest BCUT2D eigenvalue weighted by molar-refractivity contribution is 0.392. The van der Waals surface area contributed by atoms with E-state index in [4.69, 9.17) is 0 Å². The van der Waals surface area contributed by atoms with Crippen molar-refractivity contribution in [3.05, 3.63) is 23.9 Å². The van der Waals surface area contributed by atoms with Crippen LogP contribution in [0.3, 0.4) is 0 Å². The quantitative estimate of drug-likeness (QED) is 0.722. The van der Waals surface area contributed by atoms with E-state index in [1.54, 1.807) is 0 Å². The van der Waals surface area contributed by atoms with Gasteiger partial charge in [-0.05, 0) is 25.6 Å². The molecule has 2 heteroatoms. The van der Waals surface area contributed by atoms with E-state index < -0.39 is 0 Å². The van der Waals surface area contributed by atoms with Crippen molar-refractivity contribution in [3.63, 3.8) is 0 Å². The summed E-state index contributed by atoms with van der Waals surface area (Å²) < 4.78 is 0. The van der Waals surface area contributed by atoms with Crippen molar-refractivity contribution >= 4 is 17.0 Å². The van der Waals surface area contributed by atoms with Crippen molar-refractivity contribution in [2.45, 2.75) is 26.7 Å². The summed E-state index contributed by atoms with van der Waals surface area (Å²) in [6.07, 6.45) is 9.09. The summed E-state index contributed by atoms with van der Waals surface area (Å²) in [6.45, 7) is 6.74. The number of halogens is 1. The third kappa shape index (κ3) is 3.96. The second-order valence-corrected chi connectivity index (χ2v) is 3.18. The highest BCUT2D eigenvalue weighted by atomic mass is 79.9. The van der Waals surface area contributed by atoms with E-state index in [9.17, 15) is 0 Å². The first-order chi connectivity index (χ1) is 5.33. The Morgan fingerprint density at radius 2 is 2.25 bits per heavy atom. The maximum absolute atomic E-state index is 2.37. The molecule has 0 aromatic rings. The maximum atomic E-state index is 2.37. The zero-order valence-corrected chi connectivity index (χ0v) is 9.63. The normalized spacial score (nSPS) is 15.5. The molecule has 0 aliphatic carbocycles. The van der Waals surface area contributed by atoms with Gasteiger partial charge in [-0.1, -0.05) is 25.0 Å². The molecule has 0 bridgehead atoms. The van der Waals surface area contributed by atoms with Gasteiger partial charge in [0.25, 0.3) is 0 Å². The first-order valence-corrected chi connectivity index (χ1v) is 4.41. The molecule has 0 radical (unpaired) electrons. The van der Waals surface area contributed by atoms with Gasteiger partial charge in [-0.15, -0.1) is 17.0 Å². The Kier molecular flexibility index (Phi) is 6.17. The van der Waals surface area contributed by atoms with Gasteiger partial charge in [-0.3, -0.25) is 0 Å². The minimum absolute atomic E-state index is 0. The molecule has 1 heterocycles. The highest BCUT2D eigenvalue weighted by Gasteiger charge is 2.01. The number of rotatable bonds is 3. The van der Waals surface area contributed by atoms with Crippen molar-refractivity contribution in [3.8, 4) is 0 Å². The summed E-state index contributed by atoms with van der Waals surface area (Å²) in [5, 5.41) is 0. The Bertz CT molecular complexity index is 173. The number of nitrogens with zero attached hydrogens (tertiary/aromatic N) is 1. The summed E-state index contributed by atoms with van der Waals surface area (Å²) in [6, 6.07) is 0. The second kappa shape index (κ2) is 6.30. The monoisotopic (exact) mass is 231 g/mol. The summed E-state index contributed by atoms with van der Waals surface area (Å²) in [4.78, 5) is 2.37. The molecule has 0 amide bonds. The Labute approximate surface area is 85.9 Å². The molecular formula is C10H18BrN. The number of allylic oxidation sites excluding steroid dienone is 2. The van der Waals surface area contributed by atoms with Crippen molar-refractivity contribution in [2.24, 2.45) is 0 Å². The molecule has 1 rings (SSSR count). The molecule has 0 unspecified atom stereocenters. The molecule has 0 saturated heterocycles. The molecule has 0 aromatic heterocycles. The Morgan fingerprint density at radius 3 is 2.83 bits per heavy atom. The fraction of sp³-hybridized carbons (Fsp3) is 0.600. The Morgan fingerprint density at radius 1 is 1.50 bits per heavy atom. The SMILES string of the molecule is Br.CCCCN1C=CC=C(C)C1. The fourth-order valence-corrected chi connectivity index (χ4v) is 1.27. The average Bonchev–Trinajstić information content (AvgIpc) is 2.01. The zero-order valence-electron chi connectivity index (χ0n) is 7.92. The third-order valence-corrected chi connectivity index (χ3v) is 1.93. The van der Waals surface area contributed by atoms with Crippen LogP contribution in [-0.2, 0) is 0 Å². The van der Waals surface area contributed by atoms with Crippen molar-refractivity contribution in [1.82, 2.24) is 4.90 Å². The van der Waals surface area contributed by atoms with Crippen molar-refractivity contribution in [2.75, 3.05) is 13.1 Å². The molecule has 12 heavy (non-hydrogen) atoms. The van der Waals surface area contributed by atoms with E-state index in [0.717, 1.165) is 6.54 Å². The molecule has 1 aliphatic heterocycles. The molecule has 0 N–H and O–H groups in total. The first-order valence-electron chi connectivity index (χ1n) is 4.41. The molecule has 0 aromatic carbocycles. The van der Waals surface area contributed by atoms with Crippen LogP contribution in [0.2, 0.25) is 0 Å². The molecule has 1 nitrogen and oxygen atoms in total. The lowest BCUT2D eigenvalue weighted by Crippen LogP contribution is -2.22. The molecule has 0 spiro atoms. The topological polar surface area (TPSA) is 3.24 Å². The minimum atomic E-state index is 0. The number of hydrogen-bond acceptors (Lipinski definition) is 1. The highest BCUT2D eigenvalue weighted by molar-refractivity contribution is 8.93. The standard InChI is InChI=1S/C10H17N.BrH/c1-3-4-7-11-8-5-6-10(2)9-11;/h5-6,8H,3-4,7,9H2,1-2H3;1H. The lowest BCUT2D eigenvalue weighted by Gasteiger charge is -2.22. The van der Waals surface area contributed by atoms with Gasteiger partial charge < -0.3 is 4.90 Å². The summed E-state index contributed by atoms with van der Waals surface area (Å²) in [5.41, 5.74) is 1.46. The predicted octanol–water partition coefficient (Wildman–Crippen LogP) is 3.14. The molecule has 70 valence electrons. The van der Waals surface area contributed by atoms with Crippen LogP contribution in [-0.4, -0.2) is 18.0 Å². The number of unbranched alkanes of at least 4 members (excludes halogenated alkanes) is 1. The molecule has 0 saturated carbocycles. The van der Waals surface area contributed by atoms with Gasteiger partial charge in [-0.2, -0.15) is 0 Å². The Hall–Kier alpha value is -0.240. The van der Waals surface area contributed by atoms with Crippen LogP contribution in [0.25, 0.3) is 0 Å². The van der Waals surface area contributed by atoms with Gasteiger partial charge in [-0.25, -0.2) is 0 Å². The van der Waals surface area contributed by atoms with Gasteiger partial charge in [0.2, 0.25) is 0 Å². The van der Waals surface area contributed by atoms with E-state index in [1.807, 2.05) is 0 Å². The van der Waals surface area contributed by atoms with Crippen molar-refractivity contribution < 1.29 is 0 Å². The fourth-order valence-electron chi connectivity index (χ4n) is 1.27. The first kappa shape index (κ1) is 11.8. The van der Waals surface area contributed by atoms with E-state index in [0.29, 0.717) is 0 Å². The maximum Gasteiger partial charge on any atom is 0.0383 e. The van der Waals surface area contributed by atoms with Gasteiger partial charge in [0.05, 0.1) is 0 Å². The predicted molar refractivity (Wildman–Crippen MR) is 59.7 cm³/mol. The average molecular weight is 232 g/mol. The van der Waals surface area contributed by atoms with E-state index in [2.05, 4.69) is 37.1 Å². The summed E-state index contributed by atoms with van der Waals surface area (Å²) >= 11 is 0. The van der Waals surface area contributed by atoms with Gasteiger partial charge >= 0.3 is 0 Å². The number of hydrogen-bond donors (Lipinski definition) is 0. The van der Waals surface area contributed by atoms with E-state index in [-0.39, 0.29) is 17.0 Å². The summed E-state index contributed by atoms with van der Waals surface area (Å²) in [7, 11) is 0. The van der Waals surface area contributed by atoms with Gasteiger partial charge in [0.1, 0.15) is 0 Å². The van der Waals surface area contributed by atoms with Crippen LogP contribution in [0.5, 0.6) is 0 Å². The zero-order chi connectivity index (χ0) is 8.10. The van der Waals surface area contributed by atoms with E-state index >= 15 is 0 Å². The largest absolute Gasteiger partial charge is 0.373 e. The summed E-state index contributed by atoms with van der Waals surface area (Å²) in [5.74, 6) is 0. The molecule has 0 fully saturated rings. The third-order valence-electron chi connectivity index (χ3n) is 1.93. The minimum Gasteiger partial charge on any atom is -0.373 e. The van der Waals surface area contributed by atoms with Crippen LogP contribution in [0.4, 0.5) is 0 Å². The van der Waals surface area contributed by atoms with Crippen LogP contribution in [0.15, 0.2) is 23.9 Å². The molecular weight excluding hydrogens is 214 g/mol. The van der Waals surface area contributed by atoms with Crippen molar-refractivity contribution in [1.29, 1.82) is 0 Å². The van der Waals surface area contributed by atoms with Crippen LogP contribution < -0.4 is 0 Å². The van der Waals surface area contributed by atoms with Gasteiger partial charge in [0.15, 0.2) is 0 Å². The smallest absolute Gasteiger partial charge is 0.0383 e. The lowest BCUT2D eigenvalue weighted by atomic mass is 10.2. The second-order valence-electron chi connectivity index (χ2n) is 3.18. The highest BCUT2D eigenvalue weighted by Crippen LogP contribution is 2.06.